The van der Waals surface area contributed by atoms with Crippen LogP contribution in [0.3, 0.4) is 0 Å². The summed E-state index contributed by atoms with van der Waals surface area (Å²) in [6.07, 6.45) is -5.06. The maximum Gasteiger partial charge on any atom is 0.408 e. The van der Waals surface area contributed by atoms with E-state index < -0.39 is 72.0 Å². The number of likely N-dealkylation sites (N-methyl/N-ethyl adjacent to an activating group) is 1. The summed E-state index contributed by atoms with van der Waals surface area (Å²) in [6.45, 7) is 5.99. The fraction of sp³-hybridized carbons (Fsp3) is 0.476. The summed E-state index contributed by atoms with van der Waals surface area (Å²) < 4.78 is 72.4. The molecule has 8 nitrogen and oxygen atoms in total. The second kappa shape index (κ2) is 11.7. The number of methoxy groups -OCH3 is 1. The van der Waals surface area contributed by atoms with Crippen molar-refractivity contribution in [2.24, 2.45) is 0 Å². The lowest BCUT2D eigenvalue weighted by atomic mass is 10.1. The highest BCUT2D eigenvalue weighted by Crippen LogP contribution is 2.27. The van der Waals surface area contributed by atoms with Gasteiger partial charge in [0.15, 0.2) is 0 Å². The molecule has 0 aliphatic rings. The molecule has 0 spiro atoms. The first-order valence-corrected chi connectivity index (χ1v) is 9.99. The molecule has 2 N–H and O–H groups in total. The van der Waals surface area contributed by atoms with Crippen molar-refractivity contribution < 1.29 is 41.1 Å². The molecule has 1 rings (SSSR count). The van der Waals surface area contributed by atoms with Crippen molar-refractivity contribution in [2.75, 3.05) is 33.1 Å². The average molecular weight is 494 g/mol. The molecule has 0 saturated heterocycles. The van der Waals surface area contributed by atoms with E-state index >= 15 is 0 Å². The largest absolute Gasteiger partial charge is 0.467 e. The van der Waals surface area contributed by atoms with E-state index in [-0.39, 0.29) is 0 Å². The van der Waals surface area contributed by atoms with Gasteiger partial charge in [-0.25, -0.2) is 18.4 Å². The molecule has 0 aromatic heterocycles. The Morgan fingerprint density at radius 3 is 2.09 bits per heavy atom. The number of hydrogen-bond donors (Lipinski definition) is 2. The standard InChI is InChI=1S/C21H27F5N4O4/c1-7-16(21(24,25)26)27-12-8-13(22)17(14(23)9-12)18(31)28-15(19(32)34-6)10-29(4)20(33)30(5)11(2)3/h8-9,15-16,27H,2,7,10H2,1,3-6H3,(H,28,31)/t15-,16+/m0/s1. The molecule has 0 radical (unpaired) electrons. The number of benzene rings is 1. The van der Waals surface area contributed by atoms with Crippen molar-refractivity contribution in [3.63, 3.8) is 0 Å². The second-order valence-electron chi connectivity index (χ2n) is 7.47. The first-order chi connectivity index (χ1) is 15.6. The minimum atomic E-state index is -4.66. The van der Waals surface area contributed by atoms with E-state index in [1.54, 1.807) is 6.92 Å². The van der Waals surface area contributed by atoms with E-state index in [4.69, 9.17) is 0 Å². The number of carbonyl (C=O) groups is 3. The van der Waals surface area contributed by atoms with E-state index in [9.17, 15) is 36.3 Å². The molecule has 1 aromatic rings. The Kier molecular flexibility index (Phi) is 9.82. The summed E-state index contributed by atoms with van der Waals surface area (Å²) in [5.41, 5.74) is -1.25. The Balaban J connectivity index is 3.12. The van der Waals surface area contributed by atoms with E-state index in [0.29, 0.717) is 17.8 Å². The minimum absolute atomic E-state index is 0.393. The van der Waals surface area contributed by atoms with Crippen LogP contribution >= 0.6 is 0 Å². The fourth-order valence-corrected chi connectivity index (χ4v) is 2.81. The Hall–Kier alpha value is -3.38. The number of halogens is 5. The number of nitrogens with one attached hydrogen (secondary N) is 2. The maximum atomic E-state index is 14.5. The Morgan fingerprint density at radius 2 is 1.68 bits per heavy atom. The molecule has 0 bridgehead atoms. The molecule has 0 fully saturated rings. The van der Waals surface area contributed by atoms with E-state index in [1.807, 2.05) is 5.32 Å². The number of hydrogen-bond acceptors (Lipinski definition) is 5. The SMILES string of the molecule is C=C(C)N(C)C(=O)N(C)C[C@H](NC(=O)c1c(F)cc(N[C@H](CC)C(F)(F)F)cc1F)C(=O)OC. The van der Waals surface area contributed by atoms with E-state index in [0.717, 1.165) is 12.0 Å². The summed E-state index contributed by atoms with van der Waals surface area (Å²) in [5, 5.41) is 4.06. The predicted molar refractivity (Wildman–Crippen MR) is 114 cm³/mol. The van der Waals surface area contributed by atoms with Gasteiger partial charge in [0, 0.05) is 25.5 Å². The summed E-state index contributed by atoms with van der Waals surface area (Å²) in [7, 11) is 3.75. The fourth-order valence-electron chi connectivity index (χ4n) is 2.81. The molecular formula is C21H27F5N4O4. The number of alkyl halides is 3. The number of amides is 3. The monoisotopic (exact) mass is 494 g/mol. The van der Waals surface area contributed by atoms with Crippen molar-refractivity contribution in [3.8, 4) is 0 Å². The smallest absolute Gasteiger partial charge is 0.408 e. The zero-order valence-electron chi connectivity index (χ0n) is 19.3. The minimum Gasteiger partial charge on any atom is -0.467 e. The Morgan fingerprint density at radius 1 is 1.15 bits per heavy atom. The molecule has 1 aromatic carbocycles. The van der Waals surface area contributed by atoms with Crippen LogP contribution in [-0.4, -0.2) is 73.7 Å². The lowest BCUT2D eigenvalue weighted by Gasteiger charge is -2.28. The van der Waals surface area contributed by atoms with Gasteiger partial charge in [-0.3, -0.25) is 4.79 Å². The summed E-state index contributed by atoms with van der Waals surface area (Å²) in [6, 6.07) is -3.07. The number of nitrogens with zero attached hydrogens (tertiary/aromatic N) is 2. The highest BCUT2D eigenvalue weighted by molar-refractivity contribution is 5.97. The van der Waals surface area contributed by atoms with Crippen LogP contribution in [0.25, 0.3) is 0 Å². The highest BCUT2D eigenvalue weighted by Gasteiger charge is 2.38. The van der Waals surface area contributed by atoms with Gasteiger partial charge in [-0.2, -0.15) is 13.2 Å². The molecule has 0 aliphatic carbocycles. The van der Waals surface area contributed by atoms with Crippen molar-refractivity contribution >= 4 is 23.6 Å². The Labute approximate surface area is 193 Å². The quantitative estimate of drug-likeness (QED) is 0.405. The van der Waals surface area contributed by atoms with Crippen LogP contribution < -0.4 is 10.6 Å². The van der Waals surface area contributed by atoms with Crippen molar-refractivity contribution in [2.45, 2.75) is 38.5 Å². The Bertz CT molecular complexity index is 915. The van der Waals surface area contributed by atoms with Crippen molar-refractivity contribution in [1.82, 2.24) is 15.1 Å². The van der Waals surface area contributed by atoms with Crippen LogP contribution in [0.1, 0.15) is 30.6 Å². The van der Waals surface area contributed by atoms with Crippen molar-refractivity contribution in [1.29, 1.82) is 0 Å². The number of anilines is 1. The van der Waals surface area contributed by atoms with Crippen LogP contribution in [0.2, 0.25) is 0 Å². The van der Waals surface area contributed by atoms with Crippen molar-refractivity contribution in [3.05, 3.63) is 41.6 Å². The number of rotatable bonds is 9. The van der Waals surface area contributed by atoms with E-state index in [1.165, 1.54) is 25.9 Å². The third-order valence-corrected chi connectivity index (χ3v) is 4.85. The lowest BCUT2D eigenvalue weighted by Crippen LogP contribution is -2.51. The van der Waals surface area contributed by atoms with Gasteiger partial charge >= 0.3 is 18.2 Å². The molecule has 3 amide bonds. The zero-order valence-corrected chi connectivity index (χ0v) is 19.3. The summed E-state index contributed by atoms with van der Waals surface area (Å²) in [4.78, 5) is 39.2. The van der Waals surface area contributed by atoms with Gasteiger partial charge in [0.05, 0.1) is 13.7 Å². The van der Waals surface area contributed by atoms with Gasteiger partial charge in [0.2, 0.25) is 0 Å². The second-order valence-corrected chi connectivity index (χ2v) is 7.47. The zero-order chi connectivity index (χ0) is 26.4. The number of allylic oxidation sites excluding steroid dienone is 1. The van der Waals surface area contributed by atoms with Gasteiger partial charge in [-0.05, 0) is 25.5 Å². The first-order valence-electron chi connectivity index (χ1n) is 9.99. The van der Waals surface area contributed by atoms with E-state index in [2.05, 4.69) is 16.6 Å². The molecule has 0 aliphatic heterocycles. The molecular weight excluding hydrogens is 467 g/mol. The van der Waals surface area contributed by atoms with Gasteiger partial charge < -0.3 is 25.2 Å². The third-order valence-electron chi connectivity index (χ3n) is 4.85. The highest BCUT2D eigenvalue weighted by atomic mass is 19.4. The molecule has 0 unspecified atom stereocenters. The normalized spacial score (nSPS) is 12.9. The molecule has 0 heterocycles. The predicted octanol–water partition coefficient (Wildman–Crippen LogP) is 3.51. The van der Waals surface area contributed by atoms with Crippen LogP contribution in [-0.2, 0) is 9.53 Å². The number of carbonyl (C=O) groups excluding carboxylic acids is 3. The average Bonchev–Trinajstić information content (AvgIpc) is 2.73. The molecule has 13 heteroatoms. The van der Waals surface area contributed by atoms with Crippen LogP contribution in [0, 0.1) is 11.6 Å². The van der Waals surface area contributed by atoms with Gasteiger partial charge in [0.25, 0.3) is 5.91 Å². The third kappa shape index (κ3) is 7.32. The van der Waals surface area contributed by atoms with Gasteiger partial charge in [0.1, 0.15) is 29.3 Å². The molecule has 190 valence electrons. The topological polar surface area (TPSA) is 91.0 Å². The maximum absolute atomic E-state index is 14.5. The molecule has 34 heavy (non-hydrogen) atoms. The van der Waals surface area contributed by atoms with Gasteiger partial charge in [-0.1, -0.05) is 13.5 Å². The number of urea groups is 1. The molecule has 0 saturated carbocycles. The summed E-state index contributed by atoms with van der Waals surface area (Å²) in [5.74, 6) is -5.27. The van der Waals surface area contributed by atoms with Crippen LogP contribution in [0.15, 0.2) is 24.4 Å². The number of esters is 1. The number of ether oxygens (including phenoxy) is 1. The van der Waals surface area contributed by atoms with Gasteiger partial charge in [-0.15, -0.1) is 0 Å². The molecule has 2 atom stereocenters. The first kappa shape index (κ1) is 28.7. The van der Waals surface area contributed by atoms with Crippen LogP contribution in [0.5, 0.6) is 0 Å². The van der Waals surface area contributed by atoms with Crippen LogP contribution in [0.4, 0.5) is 32.4 Å². The summed E-state index contributed by atoms with van der Waals surface area (Å²) >= 11 is 0. The lowest BCUT2D eigenvalue weighted by molar-refractivity contribution is -0.143.